The Bertz CT molecular complexity index is 580. The molecule has 24 heavy (non-hydrogen) atoms. The Kier molecular flexibility index (Phi) is 6.57. The molecular formula is C16H24ClN3O3S. The largest absolute Gasteiger partial charge is 0.475 e. The van der Waals surface area contributed by atoms with E-state index in [9.17, 15) is 4.79 Å². The summed E-state index contributed by atoms with van der Waals surface area (Å²) in [5.41, 5.74) is -0.507. The van der Waals surface area contributed by atoms with Gasteiger partial charge in [0, 0.05) is 12.6 Å². The topological polar surface area (TPSA) is 64.5 Å². The average Bonchev–Trinajstić information content (AvgIpc) is 2.51. The first-order chi connectivity index (χ1) is 11.3. The van der Waals surface area contributed by atoms with Crippen LogP contribution in [0.1, 0.15) is 40.0 Å². The van der Waals surface area contributed by atoms with E-state index in [2.05, 4.69) is 9.97 Å². The van der Waals surface area contributed by atoms with E-state index in [0.717, 1.165) is 19.3 Å². The fourth-order valence-electron chi connectivity index (χ4n) is 2.46. The zero-order valence-corrected chi connectivity index (χ0v) is 16.1. The lowest BCUT2D eigenvalue weighted by Gasteiger charge is -2.36. The van der Waals surface area contributed by atoms with E-state index < -0.39 is 5.60 Å². The number of likely N-dealkylation sites (tertiary alicyclic amines) is 1. The zero-order valence-electron chi connectivity index (χ0n) is 14.5. The van der Waals surface area contributed by atoms with Gasteiger partial charge in [-0.2, -0.15) is 4.98 Å². The summed E-state index contributed by atoms with van der Waals surface area (Å²) in [4.78, 5) is 22.5. The number of aromatic nitrogens is 2. The second-order valence-corrected chi connectivity index (χ2v) is 7.81. The van der Waals surface area contributed by atoms with Crippen molar-refractivity contribution in [1.29, 1.82) is 0 Å². The van der Waals surface area contributed by atoms with Crippen molar-refractivity contribution in [3.63, 3.8) is 0 Å². The third kappa shape index (κ3) is 5.70. The van der Waals surface area contributed by atoms with Crippen LogP contribution >= 0.6 is 23.4 Å². The molecule has 1 atom stereocenters. The highest BCUT2D eigenvalue weighted by atomic mass is 35.5. The summed E-state index contributed by atoms with van der Waals surface area (Å²) in [5.74, 6) is 0.425. The summed E-state index contributed by atoms with van der Waals surface area (Å²) in [6.07, 6.45) is 4.51. The van der Waals surface area contributed by atoms with Crippen LogP contribution in [0, 0.1) is 0 Å². The molecule has 1 aliphatic rings. The number of piperidine rings is 1. The Morgan fingerprint density at radius 2 is 2.17 bits per heavy atom. The van der Waals surface area contributed by atoms with Gasteiger partial charge >= 0.3 is 6.09 Å². The minimum absolute atomic E-state index is 0.0277. The third-order valence-electron chi connectivity index (χ3n) is 3.51. The molecule has 0 aliphatic carbocycles. The molecular weight excluding hydrogens is 350 g/mol. The number of rotatable bonds is 4. The van der Waals surface area contributed by atoms with Crippen LogP contribution < -0.4 is 4.74 Å². The number of nitrogens with zero attached hydrogens (tertiary/aromatic N) is 3. The molecule has 1 saturated heterocycles. The van der Waals surface area contributed by atoms with Crippen LogP contribution in [0.4, 0.5) is 4.79 Å². The Morgan fingerprint density at radius 3 is 2.83 bits per heavy atom. The average molecular weight is 374 g/mol. The van der Waals surface area contributed by atoms with Gasteiger partial charge in [-0.05, 0) is 46.3 Å². The van der Waals surface area contributed by atoms with E-state index >= 15 is 0 Å². The molecule has 0 unspecified atom stereocenters. The quantitative estimate of drug-likeness (QED) is 0.451. The number of hydrogen-bond donors (Lipinski definition) is 0. The van der Waals surface area contributed by atoms with Crippen LogP contribution in [0.25, 0.3) is 0 Å². The molecule has 0 radical (unpaired) electrons. The van der Waals surface area contributed by atoms with Crippen molar-refractivity contribution in [3.8, 4) is 5.88 Å². The van der Waals surface area contributed by atoms with Gasteiger partial charge in [0.15, 0.2) is 5.16 Å². The van der Waals surface area contributed by atoms with Gasteiger partial charge < -0.3 is 14.4 Å². The third-order valence-corrected chi connectivity index (χ3v) is 4.25. The molecule has 0 saturated carbocycles. The van der Waals surface area contributed by atoms with Crippen LogP contribution in [-0.4, -0.2) is 52.0 Å². The molecule has 0 N–H and O–H groups in total. The summed E-state index contributed by atoms with van der Waals surface area (Å²) < 4.78 is 11.3. The molecule has 0 spiro atoms. The molecule has 2 rings (SSSR count). The molecule has 134 valence electrons. The molecule has 1 aromatic rings. The van der Waals surface area contributed by atoms with Crippen molar-refractivity contribution in [2.24, 2.45) is 0 Å². The highest BCUT2D eigenvalue weighted by Gasteiger charge is 2.31. The van der Waals surface area contributed by atoms with Crippen molar-refractivity contribution >= 4 is 29.5 Å². The van der Waals surface area contributed by atoms with Gasteiger partial charge in [0.1, 0.15) is 17.4 Å². The fraction of sp³-hybridized carbons (Fsp3) is 0.688. The SMILES string of the molecule is CSc1nc(Cl)cc(OC[C@H]2CCCCN2C(=O)OC(C)(C)C)n1. The smallest absolute Gasteiger partial charge is 0.410 e. The first-order valence-electron chi connectivity index (χ1n) is 7.99. The normalized spacial score (nSPS) is 18.4. The van der Waals surface area contributed by atoms with Crippen molar-refractivity contribution in [2.75, 3.05) is 19.4 Å². The number of halogens is 1. The summed E-state index contributed by atoms with van der Waals surface area (Å²) >= 11 is 7.37. The number of carbonyl (C=O) groups is 1. The molecule has 1 fully saturated rings. The van der Waals surface area contributed by atoms with Crippen molar-refractivity contribution in [1.82, 2.24) is 14.9 Å². The maximum Gasteiger partial charge on any atom is 0.410 e. The van der Waals surface area contributed by atoms with Gasteiger partial charge in [-0.3, -0.25) is 0 Å². The van der Waals surface area contributed by atoms with Gasteiger partial charge in [0.2, 0.25) is 5.88 Å². The molecule has 1 amide bonds. The fourth-order valence-corrected chi connectivity index (χ4v) is 3.05. The van der Waals surface area contributed by atoms with E-state index in [0.29, 0.717) is 29.3 Å². The van der Waals surface area contributed by atoms with Gasteiger partial charge in [-0.15, -0.1) is 0 Å². The molecule has 2 heterocycles. The van der Waals surface area contributed by atoms with Gasteiger partial charge in [-0.25, -0.2) is 9.78 Å². The minimum Gasteiger partial charge on any atom is -0.475 e. The zero-order chi connectivity index (χ0) is 17.7. The summed E-state index contributed by atoms with van der Waals surface area (Å²) in [7, 11) is 0. The van der Waals surface area contributed by atoms with Gasteiger partial charge in [-0.1, -0.05) is 23.4 Å². The van der Waals surface area contributed by atoms with E-state index in [1.807, 2.05) is 27.0 Å². The second-order valence-electron chi connectivity index (χ2n) is 6.65. The number of carbonyl (C=O) groups excluding carboxylic acids is 1. The van der Waals surface area contributed by atoms with Crippen LogP contribution in [0.2, 0.25) is 5.15 Å². The Hall–Kier alpha value is -1.21. The number of thioether (sulfide) groups is 1. The maximum absolute atomic E-state index is 12.4. The predicted octanol–water partition coefficient (Wildman–Crippen LogP) is 4.02. The predicted molar refractivity (Wildman–Crippen MR) is 94.9 cm³/mol. The van der Waals surface area contributed by atoms with Crippen LogP contribution in [0.3, 0.4) is 0 Å². The Balaban J connectivity index is 2.01. The first kappa shape index (κ1) is 19.1. The molecule has 0 aromatic carbocycles. The van der Waals surface area contributed by atoms with Crippen molar-refractivity contribution < 1.29 is 14.3 Å². The first-order valence-corrected chi connectivity index (χ1v) is 9.60. The molecule has 1 aromatic heterocycles. The van der Waals surface area contributed by atoms with Crippen LogP contribution in [-0.2, 0) is 4.74 Å². The molecule has 8 heteroatoms. The maximum atomic E-state index is 12.4. The van der Waals surface area contributed by atoms with Crippen molar-refractivity contribution in [2.45, 2.75) is 56.8 Å². The summed E-state index contributed by atoms with van der Waals surface area (Å²) in [6.45, 7) is 6.65. The van der Waals surface area contributed by atoms with Gasteiger partial charge in [0.25, 0.3) is 0 Å². The van der Waals surface area contributed by atoms with E-state index in [1.165, 1.54) is 11.8 Å². The number of ether oxygens (including phenoxy) is 2. The lowest BCUT2D eigenvalue weighted by molar-refractivity contribution is 0.00330. The molecule has 1 aliphatic heterocycles. The van der Waals surface area contributed by atoms with E-state index in [1.54, 1.807) is 11.0 Å². The Morgan fingerprint density at radius 1 is 1.42 bits per heavy atom. The standard InChI is InChI=1S/C16H24ClN3O3S/c1-16(2,3)23-15(21)20-8-6-5-7-11(20)10-22-13-9-12(17)18-14(19-13)24-4/h9,11H,5-8,10H2,1-4H3/t11-/m1/s1. The highest BCUT2D eigenvalue weighted by Crippen LogP contribution is 2.23. The van der Waals surface area contributed by atoms with E-state index in [-0.39, 0.29) is 12.1 Å². The minimum atomic E-state index is -0.507. The van der Waals surface area contributed by atoms with Crippen LogP contribution in [0.5, 0.6) is 5.88 Å². The highest BCUT2D eigenvalue weighted by molar-refractivity contribution is 7.98. The summed E-state index contributed by atoms with van der Waals surface area (Å²) in [5, 5.41) is 0.905. The second kappa shape index (κ2) is 8.25. The molecule has 0 bridgehead atoms. The Labute approximate surface area is 152 Å². The lowest BCUT2D eigenvalue weighted by Crippen LogP contribution is -2.48. The molecule has 6 nitrogen and oxygen atoms in total. The number of hydrogen-bond acceptors (Lipinski definition) is 6. The van der Waals surface area contributed by atoms with E-state index in [4.69, 9.17) is 21.1 Å². The van der Waals surface area contributed by atoms with Crippen molar-refractivity contribution in [3.05, 3.63) is 11.2 Å². The van der Waals surface area contributed by atoms with Crippen LogP contribution in [0.15, 0.2) is 11.2 Å². The van der Waals surface area contributed by atoms with Gasteiger partial charge in [0.05, 0.1) is 6.04 Å². The number of amides is 1. The monoisotopic (exact) mass is 373 g/mol. The summed E-state index contributed by atoms with van der Waals surface area (Å²) in [6, 6.07) is 1.56. The lowest BCUT2D eigenvalue weighted by atomic mass is 10.0.